The average molecular weight is 332 g/mol. The van der Waals surface area contributed by atoms with Crippen LogP contribution in [0, 0.1) is 13.0 Å². The molecule has 0 aliphatic heterocycles. The second kappa shape index (κ2) is 6.97. The molecule has 0 amide bonds. The van der Waals surface area contributed by atoms with Crippen molar-refractivity contribution in [2.24, 2.45) is 0 Å². The van der Waals surface area contributed by atoms with Crippen LogP contribution in [-0.4, -0.2) is 0 Å². The van der Waals surface area contributed by atoms with Crippen molar-refractivity contribution in [3.63, 3.8) is 0 Å². The number of hydrogen-bond donors (Lipinski definition) is 0. The quantitative estimate of drug-likeness (QED) is 0.571. The molecule has 0 N–H and O–H groups in total. The second-order valence-corrected chi connectivity index (χ2v) is 4.73. The van der Waals surface area contributed by atoms with Gasteiger partial charge in [0.15, 0.2) is 0 Å². The Kier molecular flexibility index (Phi) is 5.28. The van der Waals surface area contributed by atoms with Crippen molar-refractivity contribution >= 4 is 0 Å². The van der Waals surface area contributed by atoms with Crippen molar-refractivity contribution in [1.29, 1.82) is 0 Å². The molecule has 0 bridgehead atoms. The van der Waals surface area contributed by atoms with Crippen molar-refractivity contribution in [2.75, 3.05) is 0 Å². The Balaban J connectivity index is 0.00000147. The van der Waals surface area contributed by atoms with Crippen LogP contribution in [0.25, 0.3) is 22.3 Å². The van der Waals surface area contributed by atoms with E-state index in [9.17, 15) is 0 Å². The minimum Gasteiger partial charge on any atom is -0.184 e. The van der Waals surface area contributed by atoms with Crippen LogP contribution in [0.3, 0.4) is 0 Å². The van der Waals surface area contributed by atoms with Gasteiger partial charge in [0.2, 0.25) is 0 Å². The number of rotatable bonds is 2. The molecule has 1 radical (unpaired) electrons. The van der Waals surface area contributed by atoms with Crippen LogP contribution in [0.4, 0.5) is 0 Å². The van der Waals surface area contributed by atoms with E-state index >= 15 is 0 Å². The molecule has 3 aromatic rings. The van der Waals surface area contributed by atoms with Gasteiger partial charge in [-0.3, -0.25) is 0 Å². The minimum absolute atomic E-state index is 0. The van der Waals surface area contributed by atoms with E-state index in [0.29, 0.717) is 0 Å². The first kappa shape index (κ1) is 15.2. The first-order chi connectivity index (χ1) is 9.33. The van der Waals surface area contributed by atoms with Gasteiger partial charge in [0, 0.05) is 32.7 Å². The summed E-state index contributed by atoms with van der Waals surface area (Å²) in [4.78, 5) is 0. The third-order valence-electron chi connectivity index (χ3n) is 3.32. The Morgan fingerprint density at radius 3 is 1.35 bits per heavy atom. The molecule has 3 aromatic carbocycles. The van der Waals surface area contributed by atoms with E-state index in [4.69, 9.17) is 0 Å². The number of aryl methyl sites for hydroxylation is 1. The summed E-state index contributed by atoms with van der Waals surface area (Å²) in [7, 11) is 0. The van der Waals surface area contributed by atoms with Crippen LogP contribution in [-0.2, 0) is 32.7 Å². The van der Waals surface area contributed by atoms with Crippen molar-refractivity contribution in [2.45, 2.75) is 6.92 Å². The van der Waals surface area contributed by atoms with Crippen LogP contribution in [0.5, 0.6) is 0 Å². The molecule has 95 valence electrons. The monoisotopic (exact) mass is 332 g/mol. The third-order valence-corrected chi connectivity index (χ3v) is 3.32. The van der Waals surface area contributed by atoms with Crippen molar-refractivity contribution in [3.8, 4) is 22.3 Å². The Hall–Kier alpha value is -1.24. The molecular formula is C19H15Y-. The van der Waals surface area contributed by atoms with Gasteiger partial charge in [-0.2, -0.15) is 30.3 Å². The predicted molar refractivity (Wildman–Crippen MR) is 80.9 cm³/mol. The molecule has 0 atom stereocenters. The van der Waals surface area contributed by atoms with Crippen LogP contribution < -0.4 is 0 Å². The molecule has 0 fully saturated rings. The largest absolute Gasteiger partial charge is 0.184 e. The van der Waals surface area contributed by atoms with E-state index in [1.807, 2.05) is 12.1 Å². The van der Waals surface area contributed by atoms with Crippen LogP contribution in [0.1, 0.15) is 5.56 Å². The van der Waals surface area contributed by atoms with Gasteiger partial charge in [-0.1, -0.05) is 54.1 Å². The van der Waals surface area contributed by atoms with Crippen molar-refractivity contribution < 1.29 is 32.7 Å². The molecule has 3 rings (SSSR count). The Morgan fingerprint density at radius 2 is 0.900 bits per heavy atom. The fourth-order valence-corrected chi connectivity index (χ4v) is 2.18. The standard InChI is InChI=1S/C19H15.Y/c1-15-7-9-17(10-8-15)19-13-11-18(12-14-19)16-5-3-2-4-6-16;/h3-14H,1H3;/q-1;. The van der Waals surface area contributed by atoms with Gasteiger partial charge in [0.1, 0.15) is 0 Å². The SMILES string of the molecule is Cc1ccc(-c2ccc(-c3cc[c-]cc3)cc2)cc1.[Y]. The summed E-state index contributed by atoms with van der Waals surface area (Å²) in [6.45, 7) is 2.11. The topological polar surface area (TPSA) is 0 Å². The summed E-state index contributed by atoms with van der Waals surface area (Å²) in [6.07, 6.45) is 0. The van der Waals surface area contributed by atoms with E-state index in [1.165, 1.54) is 27.8 Å². The molecule has 0 aliphatic carbocycles. The number of hydrogen-bond acceptors (Lipinski definition) is 0. The summed E-state index contributed by atoms with van der Waals surface area (Å²) < 4.78 is 0. The fourth-order valence-electron chi connectivity index (χ4n) is 2.18. The molecular weight excluding hydrogens is 317 g/mol. The molecule has 0 heterocycles. The smallest absolute Gasteiger partial charge is 0 e. The molecule has 0 aromatic heterocycles. The molecule has 0 unspecified atom stereocenters. The normalized spacial score (nSPS) is 9.85. The zero-order valence-corrected chi connectivity index (χ0v) is 14.3. The molecule has 1 heteroatoms. The maximum absolute atomic E-state index is 3.05. The van der Waals surface area contributed by atoms with Gasteiger partial charge >= 0.3 is 0 Å². The molecule has 20 heavy (non-hydrogen) atoms. The second-order valence-electron chi connectivity index (χ2n) is 4.73. The summed E-state index contributed by atoms with van der Waals surface area (Å²) in [5.41, 5.74) is 6.28. The maximum Gasteiger partial charge on any atom is 0 e. The Bertz CT molecular complexity index is 652. The minimum atomic E-state index is 0. The first-order valence-electron chi connectivity index (χ1n) is 6.46. The van der Waals surface area contributed by atoms with Crippen LogP contribution >= 0.6 is 0 Å². The molecule has 0 aliphatic rings. The maximum atomic E-state index is 3.05. The molecule has 0 saturated heterocycles. The van der Waals surface area contributed by atoms with Crippen LogP contribution in [0.15, 0.2) is 72.8 Å². The van der Waals surface area contributed by atoms with E-state index in [1.54, 1.807) is 0 Å². The van der Waals surface area contributed by atoms with Crippen molar-refractivity contribution in [3.05, 3.63) is 84.4 Å². The molecule has 0 nitrogen and oxygen atoms in total. The van der Waals surface area contributed by atoms with Gasteiger partial charge in [0.25, 0.3) is 0 Å². The van der Waals surface area contributed by atoms with E-state index in [0.717, 1.165) is 0 Å². The summed E-state index contributed by atoms with van der Waals surface area (Å²) in [6, 6.07) is 28.4. The van der Waals surface area contributed by atoms with E-state index in [2.05, 4.69) is 73.7 Å². The van der Waals surface area contributed by atoms with Gasteiger partial charge < -0.3 is 0 Å². The van der Waals surface area contributed by atoms with Gasteiger partial charge in [-0.05, 0) is 23.6 Å². The van der Waals surface area contributed by atoms with Gasteiger partial charge in [0.05, 0.1) is 0 Å². The summed E-state index contributed by atoms with van der Waals surface area (Å²) >= 11 is 0. The molecule has 0 spiro atoms. The molecule has 0 saturated carbocycles. The Morgan fingerprint density at radius 1 is 0.550 bits per heavy atom. The van der Waals surface area contributed by atoms with Gasteiger partial charge in [-0.15, -0.1) is 5.56 Å². The first-order valence-corrected chi connectivity index (χ1v) is 6.46. The van der Waals surface area contributed by atoms with Crippen LogP contribution in [0.2, 0.25) is 0 Å². The Labute approximate surface area is 145 Å². The van der Waals surface area contributed by atoms with E-state index < -0.39 is 0 Å². The predicted octanol–water partition coefficient (Wildman–Crippen LogP) is 5.13. The number of benzene rings is 3. The van der Waals surface area contributed by atoms with Crippen molar-refractivity contribution in [1.82, 2.24) is 0 Å². The van der Waals surface area contributed by atoms with Gasteiger partial charge in [-0.25, -0.2) is 0 Å². The average Bonchev–Trinajstić information content (AvgIpc) is 2.49. The fraction of sp³-hybridized carbons (Fsp3) is 0.0526. The van der Waals surface area contributed by atoms with E-state index in [-0.39, 0.29) is 32.7 Å². The zero-order valence-electron chi connectivity index (χ0n) is 11.5. The summed E-state index contributed by atoms with van der Waals surface area (Å²) in [5, 5.41) is 0. The summed E-state index contributed by atoms with van der Waals surface area (Å²) in [5.74, 6) is 0. The zero-order chi connectivity index (χ0) is 13.1. The third kappa shape index (κ3) is 3.45.